The number of aliphatic hydroxyl groups is 1. The molecular formula is C26H26N4O10S2. The van der Waals surface area contributed by atoms with Crippen LogP contribution in [0.3, 0.4) is 0 Å². The van der Waals surface area contributed by atoms with Gasteiger partial charge in [-0.3, -0.25) is 29.9 Å². The molecule has 2 aliphatic rings. The number of amides is 2. The molecule has 222 valence electrons. The SMILES string of the molecule is CC(CSC1=C(C(=O)OCc2ccc([N+](=O)[O-])cc2)N2C(=O)C(C(C)O)[C@H]2S1)NC(=O)OCc1ccc([N+](=O)[O-])cc1. The maximum atomic E-state index is 13.1. The first-order chi connectivity index (χ1) is 20.0. The van der Waals surface area contributed by atoms with Gasteiger partial charge in [-0.2, -0.15) is 0 Å². The second kappa shape index (κ2) is 13.2. The number of nitrogens with one attached hydrogen (secondary N) is 1. The number of aliphatic hydroxyl groups excluding tert-OH is 1. The highest BCUT2D eigenvalue weighted by molar-refractivity contribution is 8.22. The van der Waals surface area contributed by atoms with Crippen molar-refractivity contribution in [1.29, 1.82) is 0 Å². The summed E-state index contributed by atoms with van der Waals surface area (Å²) in [5.41, 5.74) is 0.965. The number of esters is 1. The van der Waals surface area contributed by atoms with Crippen LogP contribution in [0.1, 0.15) is 25.0 Å². The van der Waals surface area contributed by atoms with E-state index in [1.165, 1.54) is 83.9 Å². The molecule has 2 aliphatic heterocycles. The number of hydrogen-bond donors (Lipinski definition) is 2. The van der Waals surface area contributed by atoms with Crippen LogP contribution in [-0.2, 0) is 32.3 Å². The molecule has 0 radical (unpaired) electrons. The molecular weight excluding hydrogens is 592 g/mol. The number of ether oxygens (including phenoxy) is 2. The average molecular weight is 619 g/mol. The first-order valence-electron chi connectivity index (χ1n) is 12.6. The van der Waals surface area contributed by atoms with E-state index in [1.54, 1.807) is 6.92 Å². The summed E-state index contributed by atoms with van der Waals surface area (Å²) >= 11 is 2.49. The molecule has 16 heteroatoms. The van der Waals surface area contributed by atoms with Crippen molar-refractivity contribution in [2.24, 2.45) is 5.92 Å². The molecule has 0 aliphatic carbocycles. The lowest BCUT2D eigenvalue weighted by atomic mass is 9.92. The predicted octanol–water partition coefficient (Wildman–Crippen LogP) is 3.68. The Morgan fingerprint density at radius 1 is 1.00 bits per heavy atom. The minimum absolute atomic E-state index is 0.0479. The van der Waals surface area contributed by atoms with Crippen molar-refractivity contribution < 1.29 is 38.8 Å². The van der Waals surface area contributed by atoms with Gasteiger partial charge >= 0.3 is 12.1 Å². The zero-order valence-corrected chi connectivity index (χ0v) is 24.0. The van der Waals surface area contributed by atoms with E-state index >= 15 is 0 Å². The van der Waals surface area contributed by atoms with Crippen LogP contribution in [0, 0.1) is 26.1 Å². The lowest BCUT2D eigenvalue weighted by Gasteiger charge is -2.43. The summed E-state index contributed by atoms with van der Waals surface area (Å²) in [6.07, 6.45) is -1.62. The maximum absolute atomic E-state index is 13.1. The number of fused-ring (bicyclic) bond motifs is 1. The quantitative estimate of drug-likeness (QED) is 0.152. The van der Waals surface area contributed by atoms with E-state index < -0.39 is 51.3 Å². The maximum Gasteiger partial charge on any atom is 0.407 e. The molecule has 2 amide bonds. The summed E-state index contributed by atoms with van der Waals surface area (Å²) in [5.74, 6) is -1.54. The van der Waals surface area contributed by atoms with Gasteiger partial charge in [-0.05, 0) is 49.2 Å². The van der Waals surface area contributed by atoms with E-state index in [0.29, 0.717) is 21.1 Å². The number of nitrogens with zero attached hydrogens (tertiary/aromatic N) is 3. The van der Waals surface area contributed by atoms with E-state index in [1.807, 2.05) is 0 Å². The van der Waals surface area contributed by atoms with Crippen LogP contribution in [0.4, 0.5) is 16.2 Å². The van der Waals surface area contributed by atoms with Gasteiger partial charge in [0.05, 0.1) is 26.1 Å². The van der Waals surface area contributed by atoms with Crippen LogP contribution >= 0.6 is 23.5 Å². The van der Waals surface area contributed by atoms with Crippen LogP contribution in [0.2, 0.25) is 0 Å². The van der Waals surface area contributed by atoms with Gasteiger partial charge in [0.15, 0.2) is 5.70 Å². The molecule has 2 aromatic rings. The Morgan fingerprint density at radius 3 is 2.02 bits per heavy atom. The first kappa shape index (κ1) is 30.8. The topological polar surface area (TPSA) is 191 Å². The van der Waals surface area contributed by atoms with Crippen molar-refractivity contribution in [3.8, 4) is 0 Å². The summed E-state index contributed by atoms with van der Waals surface area (Å²) in [6, 6.07) is 10.7. The van der Waals surface area contributed by atoms with Gasteiger partial charge in [-0.15, -0.1) is 11.8 Å². The van der Waals surface area contributed by atoms with Gasteiger partial charge in [0.1, 0.15) is 18.6 Å². The van der Waals surface area contributed by atoms with E-state index in [4.69, 9.17) is 9.47 Å². The summed E-state index contributed by atoms with van der Waals surface area (Å²) < 4.78 is 11.1. The minimum atomic E-state index is -0.918. The summed E-state index contributed by atoms with van der Waals surface area (Å²) in [5, 5.41) is 33.9. The fourth-order valence-electron chi connectivity index (χ4n) is 4.12. The van der Waals surface area contributed by atoms with E-state index in [0.717, 1.165) is 0 Å². The molecule has 2 heterocycles. The van der Waals surface area contributed by atoms with Gasteiger partial charge in [-0.25, -0.2) is 9.59 Å². The third-order valence-electron chi connectivity index (χ3n) is 6.32. The second-order valence-corrected chi connectivity index (χ2v) is 11.9. The summed E-state index contributed by atoms with van der Waals surface area (Å²) in [4.78, 5) is 60.0. The molecule has 2 N–H and O–H groups in total. The Kier molecular flexibility index (Phi) is 9.70. The fraction of sp³-hybridized carbons (Fsp3) is 0.346. The van der Waals surface area contributed by atoms with Crippen molar-refractivity contribution in [3.63, 3.8) is 0 Å². The van der Waals surface area contributed by atoms with Crippen LogP contribution in [-0.4, -0.2) is 61.1 Å². The number of β-lactam (4-membered cyclic amide) rings is 1. The van der Waals surface area contributed by atoms with Gasteiger partial charge in [0.25, 0.3) is 11.4 Å². The Bertz CT molecular complexity index is 1420. The highest BCUT2D eigenvalue weighted by atomic mass is 32.2. The number of carbonyl (C=O) groups is 3. The number of alkyl carbamates (subject to hydrolysis) is 1. The van der Waals surface area contributed by atoms with Gasteiger partial charge in [0.2, 0.25) is 5.91 Å². The monoisotopic (exact) mass is 618 g/mol. The third kappa shape index (κ3) is 7.00. The van der Waals surface area contributed by atoms with Crippen LogP contribution in [0.15, 0.2) is 58.5 Å². The minimum Gasteiger partial charge on any atom is -0.456 e. The van der Waals surface area contributed by atoms with Crippen molar-refractivity contribution in [3.05, 3.63) is 89.8 Å². The van der Waals surface area contributed by atoms with Crippen molar-refractivity contribution in [1.82, 2.24) is 10.2 Å². The van der Waals surface area contributed by atoms with Gasteiger partial charge in [-0.1, -0.05) is 11.8 Å². The number of hydrogen-bond acceptors (Lipinski definition) is 12. The Labute approximate surface area is 247 Å². The first-order valence-corrected chi connectivity index (χ1v) is 14.4. The lowest BCUT2D eigenvalue weighted by Crippen LogP contribution is -2.60. The highest BCUT2D eigenvalue weighted by Gasteiger charge is 2.58. The van der Waals surface area contributed by atoms with E-state index in [9.17, 15) is 39.7 Å². The molecule has 0 aromatic heterocycles. The molecule has 2 aromatic carbocycles. The fourth-order valence-corrected chi connectivity index (χ4v) is 7.01. The molecule has 4 atom stereocenters. The number of nitro benzene ring substituents is 2. The Balaban J connectivity index is 1.35. The lowest BCUT2D eigenvalue weighted by molar-refractivity contribution is -0.385. The largest absolute Gasteiger partial charge is 0.456 e. The number of carbonyl (C=O) groups excluding carboxylic acids is 3. The number of rotatable bonds is 12. The van der Waals surface area contributed by atoms with Gasteiger partial charge in [0, 0.05) is 36.1 Å². The van der Waals surface area contributed by atoms with Crippen molar-refractivity contribution >= 4 is 52.9 Å². The van der Waals surface area contributed by atoms with Crippen LogP contribution in [0.25, 0.3) is 0 Å². The van der Waals surface area contributed by atoms with E-state index in [2.05, 4.69) is 5.32 Å². The normalized spacial score (nSPS) is 18.9. The molecule has 42 heavy (non-hydrogen) atoms. The Hall–Kier alpha value is -4.15. The third-order valence-corrected chi connectivity index (χ3v) is 9.24. The number of nitro groups is 2. The van der Waals surface area contributed by atoms with Gasteiger partial charge < -0.3 is 19.9 Å². The van der Waals surface area contributed by atoms with Crippen molar-refractivity contribution in [2.75, 3.05) is 5.75 Å². The molecule has 14 nitrogen and oxygen atoms in total. The summed E-state index contributed by atoms with van der Waals surface area (Å²) in [6.45, 7) is 2.97. The zero-order chi connectivity index (χ0) is 30.6. The second-order valence-electron chi connectivity index (χ2n) is 9.47. The van der Waals surface area contributed by atoms with Crippen LogP contribution in [0.5, 0.6) is 0 Å². The predicted molar refractivity (Wildman–Crippen MR) is 152 cm³/mol. The summed E-state index contributed by atoms with van der Waals surface area (Å²) in [7, 11) is 0. The van der Waals surface area contributed by atoms with Crippen LogP contribution < -0.4 is 5.32 Å². The average Bonchev–Trinajstić information content (AvgIpc) is 3.27. The standard InChI is InChI=1S/C26H26N4O10S2/c1-14(27-26(34)40-12-17-5-9-19(10-6-17)30(37)38)13-41-25-21(28-22(32)20(15(2)31)23(28)42-25)24(33)39-11-16-3-7-18(8-4-16)29(35)36/h3-10,14-15,20,23,31H,11-13H2,1-2H3,(H,27,34)/t14?,15?,20?,23-/m1/s1. The molecule has 3 unspecified atom stereocenters. The number of non-ortho nitro benzene ring substituents is 2. The number of benzene rings is 2. The molecule has 4 rings (SSSR count). The molecule has 0 saturated carbocycles. The molecule has 1 fully saturated rings. The molecule has 0 bridgehead atoms. The molecule has 0 spiro atoms. The smallest absolute Gasteiger partial charge is 0.407 e. The zero-order valence-electron chi connectivity index (χ0n) is 22.3. The highest BCUT2D eigenvalue weighted by Crippen LogP contribution is 2.54. The van der Waals surface area contributed by atoms with E-state index in [-0.39, 0.29) is 30.3 Å². The van der Waals surface area contributed by atoms with Crippen molar-refractivity contribution in [2.45, 2.75) is 44.6 Å². The Morgan fingerprint density at radius 2 is 1.52 bits per heavy atom. The molecule has 1 saturated heterocycles. The number of thioether (sulfide) groups is 2.